The molecule has 0 heterocycles. The number of allylic oxidation sites excluding steroid dienone is 1. The third-order valence-corrected chi connectivity index (χ3v) is 3.87. The lowest BCUT2D eigenvalue weighted by molar-refractivity contribution is -0.134. The van der Waals surface area contributed by atoms with Gasteiger partial charge in [-0.15, -0.1) is 0 Å². The molecule has 0 saturated carbocycles. The highest BCUT2D eigenvalue weighted by Gasteiger charge is 2.07. The fourth-order valence-electron chi connectivity index (χ4n) is 1.56. The van der Waals surface area contributed by atoms with Crippen molar-refractivity contribution in [3.8, 4) is 5.75 Å². The summed E-state index contributed by atoms with van der Waals surface area (Å²) in [6.45, 7) is 2.91. The van der Waals surface area contributed by atoms with E-state index in [-0.39, 0.29) is 6.10 Å². The standard InChI is InChI=1S/C13H17BrClNO.C4H4O4/c1-3-4-10(7-8-16-2)17-11-5-6-12(14)13(15)9-11;5-3(6)1-2-4(7)8/h3-6,9-10,16H,7-8H2,1-2H3;1-2H,(H,5,6)(H,7,8)/b4-3+;2-1+. The minimum Gasteiger partial charge on any atom is -0.486 e. The van der Waals surface area contributed by atoms with Gasteiger partial charge >= 0.3 is 11.9 Å². The number of carboxylic acids is 2. The fourth-order valence-corrected chi connectivity index (χ4v) is 1.98. The number of rotatable bonds is 8. The summed E-state index contributed by atoms with van der Waals surface area (Å²) < 4.78 is 6.74. The number of halogens is 2. The second-order valence-corrected chi connectivity index (χ2v) is 5.92. The minimum absolute atomic E-state index is 0.0738. The highest BCUT2D eigenvalue weighted by Crippen LogP contribution is 2.27. The zero-order chi connectivity index (χ0) is 19.2. The van der Waals surface area contributed by atoms with Gasteiger partial charge in [-0.05, 0) is 60.7 Å². The van der Waals surface area contributed by atoms with Crippen molar-refractivity contribution in [2.24, 2.45) is 0 Å². The van der Waals surface area contributed by atoms with Crippen molar-refractivity contribution in [2.75, 3.05) is 13.6 Å². The molecular weight excluding hydrogens is 414 g/mol. The maximum atomic E-state index is 9.55. The van der Waals surface area contributed by atoms with Crippen molar-refractivity contribution in [3.05, 3.63) is 52.0 Å². The number of benzene rings is 1. The molecule has 0 fully saturated rings. The summed E-state index contributed by atoms with van der Waals surface area (Å²) in [6, 6.07) is 5.62. The van der Waals surface area contributed by atoms with E-state index in [1.54, 1.807) is 0 Å². The molecule has 0 aliphatic carbocycles. The molecule has 0 saturated heterocycles. The lowest BCUT2D eigenvalue weighted by Gasteiger charge is -2.16. The van der Waals surface area contributed by atoms with Crippen LogP contribution in [0.15, 0.2) is 47.0 Å². The number of ether oxygens (including phenoxy) is 1. The van der Waals surface area contributed by atoms with Crippen LogP contribution in [0, 0.1) is 0 Å². The van der Waals surface area contributed by atoms with Gasteiger partial charge in [0.15, 0.2) is 0 Å². The maximum Gasteiger partial charge on any atom is 0.328 e. The van der Waals surface area contributed by atoms with E-state index >= 15 is 0 Å². The third-order valence-electron chi connectivity index (χ3n) is 2.63. The summed E-state index contributed by atoms with van der Waals surface area (Å²) in [5.74, 6) is -1.72. The molecule has 1 aromatic rings. The molecule has 0 radical (unpaired) electrons. The predicted molar refractivity (Wildman–Crippen MR) is 101 cm³/mol. The molecule has 0 bridgehead atoms. The summed E-state index contributed by atoms with van der Waals surface area (Å²) in [6.07, 6.45) is 6.16. The van der Waals surface area contributed by atoms with Gasteiger partial charge in [0.1, 0.15) is 11.9 Å². The van der Waals surface area contributed by atoms with Crippen LogP contribution in [0.4, 0.5) is 0 Å². The highest BCUT2D eigenvalue weighted by molar-refractivity contribution is 9.10. The fraction of sp³-hybridized carbons (Fsp3) is 0.294. The van der Waals surface area contributed by atoms with Gasteiger partial charge < -0.3 is 20.3 Å². The first-order chi connectivity index (χ1) is 11.8. The minimum atomic E-state index is -1.26. The summed E-state index contributed by atoms with van der Waals surface area (Å²) in [5.41, 5.74) is 0. The zero-order valence-electron chi connectivity index (χ0n) is 13.9. The molecule has 1 unspecified atom stereocenters. The molecule has 0 amide bonds. The van der Waals surface area contributed by atoms with Gasteiger partial charge in [-0.3, -0.25) is 0 Å². The van der Waals surface area contributed by atoms with E-state index in [1.165, 1.54) is 0 Å². The Morgan fingerprint density at radius 1 is 1.32 bits per heavy atom. The Morgan fingerprint density at radius 2 is 1.92 bits per heavy atom. The Hall–Kier alpha value is -1.83. The number of carboxylic acid groups (broad SMARTS) is 2. The number of aliphatic carboxylic acids is 2. The molecule has 8 heteroatoms. The Kier molecular flexibility index (Phi) is 12.5. The van der Waals surface area contributed by atoms with Crippen LogP contribution < -0.4 is 10.1 Å². The molecule has 3 N–H and O–H groups in total. The lowest BCUT2D eigenvalue weighted by Crippen LogP contribution is -2.20. The second kappa shape index (κ2) is 13.5. The Morgan fingerprint density at radius 3 is 2.36 bits per heavy atom. The zero-order valence-corrected chi connectivity index (χ0v) is 16.3. The number of nitrogens with one attached hydrogen (secondary N) is 1. The first kappa shape index (κ1) is 23.2. The van der Waals surface area contributed by atoms with Crippen LogP contribution >= 0.6 is 27.5 Å². The second-order valence-electron chi connectivity index (χ2n) is 4.66. The molecule has 6 nitrogen and oxygen atoms in total. The normalized spacial score (nSPS) is 11.8. The number of hydrogen-bond donors (Lipinski definition) is 3. The molecule has 138 valence electrons. The van der Waals surface area contributed by atoms with Crippen LogP contribution in [0.1, 0.15) is 13.3 Å². The first-order valence-electron chi connectivity index (χ1n) is 7.33. The summed E-state index contributed by atoms with van der Waals surface area (Å²) in [7, 11) is 1.93. The molecule has 0 spiro atoms. The topological polar surface area (TPSA) is 95.9 Å². The highest BCUT2D eigenvalue weighted by atomic mass is 79.9. The average molecular weight is 435 g/mol. The largest absolute Gasteiger partial charge is 0.486 e. The van der Waals surface area contributed by atoms with E-state index in [4.69, 9.17) is 26.6 Å². The first-order valence-corrected chi connectivity index (χ1v) is 8.50. The van der Waals surface area contributed by atoms with Crippen molar-refractivity contribution < 1.29 is 24.5 Å². The summed E-state index contributed by atoms with van der Waals surface area (Å²) in [4.78, 5) is 19.1. The summed E-state index contributed by atoms with van der Waals surface area (Å²) in [5, 5.41) is 19.4. The van der Waals surface area contributed by atoms with Crippen LogP contribution in [0.5, 0.6) is 5.75 Å². The van der Waals surface area contributed by atoms with Gasteiger partial charge in [-0.25, -0.2) is 9.59 Å². The van der Waals surface area contributed by atoms with E-state index < -0.39 is 11.9 Å². The van der Waals surface area contributed by atoms with Gasteiger partial charge in [0.05, 0.1) is 5.02 Å². The Balaban J connectivity index is 0.000000609. The molecule has 1 aromatic carbocycles. The van der Waals surface area contributed by atoms with Gasteiger partial charge in [0.25, 0.3) is 0 Å². The molecule has 0 aliphatic heterocycles. The van der Waals surface area contributed by atoms with Gasteiger partial charge in [-0.1, -0.05) is 17.7 Å². The van der Waals surface area contributed by atoms with Gasteiger partial charge in [0.2, 0.25) is 0 Å². The summed E-state index contributed by atoms with van der Waals surface area (Å²) >= 11 is 9.38. The monoisotopic (exact) mass is 433 g/mol. The van der Waals surface area contributed by atoms with Crippen LogP contribution in [-0.4, -0.2) is 41.8 Å². The molecular formula is C17H21BrClNO5. The van der Waals surface area contributed by atoms with Gasteiger partial charge in [0, 0.05) is 23.0 Å². The predicted octanol–water partition coefficient (Wildman–Crippen LogP) is 3.75. The Bertz CT molecular complexity index is 603. The van der Waals surface area contributed by atoms with E-state index in [0.29, 0.717) is 17.2 Å². The van der Waals surface area contributed by atoms with Gasteiger partial charge in [-0.2, -0.15) is 0 Å². The van der Waals surface area contributed by atoms with E-state index in [2.05, 4.69) is 21.2 Å². The van der Waals surface area contributed by atoms with E-state index in [0.717, 1.165) is 23.2 Å². The van der Waals surface area contributed by atoms with Crippen LogP contribution in [-0.2, 0) is 9.59 Å². The smallest absolute Gasteiger partial charge is 0.328 e. The lowest BCUT2D eigenvalue weighted by atomic mass is 10.2. The molecule has 0 aliphatic rings. The third kappa shape index (κ3) is 12.2. The quantitative estimate of drug-likeness (QED) is 0.426. The molecule has 1 rings (SSSR count). The van der Waals surface area contributed by atoms with Crippen LogP contribution in [0.25, 0.3) is 0 Å². The molecule has 0 aromatic heterocycles. The van der Waals surface area contributed by atoms with Crippen molar-refractivity contribution >= 4 is 39.5 Å². The van der Waals surface area contributed by atoms with Crippen molar-refractivity contribution in [1.29, 1.82) is 0 Å². The van der Waals surface area contributed by atoms with Crippen molar-refractivity contribution in [1.82, 2.24) is 5.32 Å². The van der Waals surface area contributed by atoms with Crippen molar-refractivity contribution in [2.45, 2.75) is 19.4 Å². The molecule has 25 heavy (non-hydrogen) atoms. The van der Waals surface area contributed by atoms with Crippen molar-refractivity contribution in [3.63, 3.8) is 0 Å². The number of hydrogen-bond acceptors (Lipinski definition) is 4. The number of carbonyl (C=O) groups is 2. The van der Waals surface area contributed by atoms with E-state index in [1.807, 2.05) is 44.3 Å². The van der Waals surface area contributed by atoms with Crippen LogP contribution in [0.3, 0.4) is 0 Å². The SMILES string of the molecule is C/C=C/C(CCNC)Oc1ccc(Br)c(Cl)c1.O=C(O)/C=C/C(=O)O. The Labute approximate surface area is 160 Å². The average Bonchev–Trinajstić information content (AvgIpc) is 2.55. The van der Waals surface area contributed by atoms with Crippen LogP contribution in [0.2, 0.25) is 5.02 Å². The maximum absolute atomic E-state index is 9.55. The molecule has 1 atom stereocenters. The van der Waals surface area contributed by atoms with E-state index in [9.17, 15) is 9.59 Å².